The summed E-state index contributed by atoms with van der Waals surface area (Å²) in [7, 11) is 0. The first-order valence-corrected chi connectivity index (χ1v) is 7.67. The molecule has 5 heteroatoms. The number of rotatable bonds is 2. The summed E-state index contributed by atoms with van der Waals surface area (Å²) in [4.78, 5) is 14.9. The summed E-state index contributed by atoms with van der Waals surface area (Å²) in [6.45, 7) is 2.22. The summed E-state index contributed by atoms with van der Waals surface area (Å²) in [6, 6.07) is 8.24. The van der Waals surface area contributed by atoms with Gasteiger partial charge in [0.2, 0.25) is 0 Å². The maximum atomic E-state index is 11.4. The normalized spacial score (nSPS) is 27.8. The Morgan fingerprint density at radius 1 is 1.42 bits per heavy atom. The quantitative estimate of drug-likeness (QED) is 0.860. The lowest BCUT2D eigenvalue weighted by Crippen LogP contribution is -2.56. The van der Waals surface area contributed by atoms with Crippen LogP contribution < -0.4 is 5.32 Å². The highest BCUT2D eigenvalue weighted by atomic mass is 32.2. The number of fused-ring (bicyclic) bond motifs is 1. The van der Waals surface area contributed by atoms with E-state index in [-0.39, 0.29) is 6.04 Å². The number of nitrogens with one attached hydrogen (secondary N) is 1. The van der Waals surface area contributed by atoms with E-state index in [1.165, 1.54) is 10.5 Å². The molecule has 1 saturated heterocycles. The van der Waals surface area contributed by atoms with E-state index in [0.29, 0.717) is 6.54 Å². The molecule has 102 valence electrons. The summed E-state index contributed by atoms with van der Waals surface area (Å²) in [5.74, 6) is 0.348. The van der Waals surface area contributed by atoms with Crippen molar-refractivity contribution in [1.29, 1.82) is 0 Å². The Balaban J connectivity index is 1.91. The Labute approximate surface area is 117 Å². The average molecular weight is 278 g/mol. The summed E-state index contributed by atoms with van der Waals surface area (Å²) >= 11 is 1.88. The zero-order chi connectivity index (χ0) is 13.2. The number of carboxylic acid groups (broad SMARTS) is 1. The van der Waals surface area contributed by atoms with Crippen LogP contribution in [0.15, 0.2) is 29.2 Å². The van der Waals surface area contributed by atoms with Gasteiger partial charge in [0.25, 0.3) is 0 Å². The number of carboxylic acids is 1. The minimum Gasteiger partial charge on any atom is -0.480 e. The van der Waals surface area contributed by atoms with Crippen molar-refractivity contribution in [2.45, 2.75) is 23.4 Å². The fraction of sp³-hybridized carbons (Fsp3) is 0.500. The average Bonchev–Trinajstić information content (AvgIpc) is 2.46. The molecule has 0 amide bonds. The maximum Gasteiger partial charge on any atom is 0.322 e. The number of nitrogens with zero attached hydrogens (tertiary/aromatic N) is 1. The molecule has 0 bridgehead atoms. The topological polar surface area (TPSA) is 52.6 Å². The van der Waals surface area contributed by atoms with Gasteiger partial charge in [0.1, 0.15) is 6.04 Å². The van der Waals surface area contributed by atoms with Gasteiger partial charge in [-0.25, -0.2) is 0 Å². The fourth-order valence-corrected chi connectivity index (χ4v) is 4.10. The molecule has 0 spiro atoms. The highest BCUT2D eigenvalue weighted by molar-refractivity contribution is 7.99. The number of aliphatic carboxylic acids is 1. The molecule has 2 aliphatic rings. The molecule has 0 aromatic heterocycles. The molecular weight excluding hydrogens is 260 g/mol. The Morgan fingerprint density at radius 2 is 2.26 bits per heavy atom. The summed E-state index contributed by atoms with van der Waals surface area (Å²) in [6.07, 6.45) is 1.03. The molecular formula is C14H18N2O2S. The molecule has 1 fully saturated rings. The molecule has 4 nitrogen and oxygen atoms in total. The van der Waals surface area contributed by atoms with E-state index in [4.69, 9.17) is 0 Å². The number of hydrogen-bond acceptors (Lipinski definition) is 4. The Kier molecular flexibility index (Phi) is 3.77. The Bertz CT molecular complexity index is 480. The van der Waals surface area contributed by atoms with Crippen molar-refractivity contribution >= 4 is 17.7 Å². The number of carbonyl (C=O) groups is 1. The number of hydrogen-bond donors (Lipinski definition) is 2. The molecule has 3 rings (SSSR count). The van der Waals surface area contributed by atoms with E-state index in [1.807, 2.05) is 11.8 Å². The Morgan fingerprint density at radius 3 is 3.11 bits per heavy atom. The number of piperazine rings is 1. The second-order valence-electron chi connectivity index (χ2n) is 4.99. The van der Waals surface area contributed by atoms with Gasteiger partial charge in [0.05, 0.1) is 0 Å². The molecule has 2 atom stereocenters. The molecule has 2 N–H and O–H groups in total. The van der Waals surface area contributed by atoms with Crippen LogP contribution in [-0.2, 0) is 4.79 Å². The van der Waals surface area contributed by atoms with E-state index in [9.17, 15) is 9.90 Å². The third kappa shape index (κ3) is 2.50. The molecule has 0 aliphatic carbocycles. The first-order valence-electron chi connectivity index (χ1n) is 6.68. The smallest absolute Gasteiger partial charge is 0.322 e. The van der Waals surface area contributed by atoms with E-state index in [2.05, 4.69) is 34.5 Å². The third-order valence-corrected chi connectivity index (χ3v) is 5.02. The van der Waals surface area contributed by atoms with Crippen molar-refractivity contribution in [1.82, 2.24) is 10.2 Å². The zero-order valence-electron chi connectivity index (χ0n) is 10.7. The van der Waals surface area contributed by atoms with Gasteiger partial charge in [0.15, 0.2) is 0 Å². The van der Waals surface area contributed by atoms with Gasteiger partial charge < -0.3 is 10.4 Å². The first kappa shape index (κ1) is 13.0. The van der Waals surface area contributed by atoms with Gasteiger partial charge in [-0.2, -0.15) is 0 Å². The van der Waals surface area contributed by atoms with Crippen LogP contribution in [0.2, 0.25) is 0 Å². The van der Waals surface area contributed by atoms with Gasteiger partial charge in [-0.05, 0) is 23.8 Å². The lowest BCUT2D eigenvalue weighted by molar-refractivity contribution is -0.145. The largest absolute Gasteiger partial charge is 0.480 e. The van der Waals surface area contributed by atoms with Gasteiger partial charge in [-0.15, -0.1) is 11.8 Å². The standard InChI is InChI=1S/C14H18N2O2S/c17-14(18)12-9-15-6-7-16(12)11-5-8-19-13-4-2-1-3-10(11)13/h1-4,11-12,15H,5-9H2,(H,17,18). The molecule has 2 aliphatic heterocycles. The second-order valence-corrected chi connectivity index (χ2v) is 6.12. The van der Waals surface area contributed by atoms with Crippen molar-refractivity contribution in [2.75, 3.05) is 25.4 Å². The lowest BCUT2D eigenvalue weighted by atomic mass is 9.99. The van der Waals surface area contributed by atoms with Crippen LogP contribution in [0.25, 0.3) is 0 Å². The molecule has 19 heavy (non-hydrogen) atoms. The van der Waals surface area contributed by atoms with E-state index in [0.717, 1.165) is 25.3 Å². The van der Waals surface area contributed by atoms with Crippen molar-refractivity contribution in [2.24, 2.45) is 0 Å². The van der Waals surface area contributed by atoms with E-state index < -0.39 is 12.0 Å². The van der Waals surface area contributed by atoms with Crippen LogP contribution in [0.4, 0.5) is 0 Å². The molecule has 0 radical (unpaired) electrons. The predicted molar refractivity (Wildman–Crippen MR) is 75.5 cm³/mol. The maximum absolute atomic E-state index is 11.4. The van der Waals surface area contributed by atoms with E-state index >= 15 is 0 Å². The van der Waals surface area contributed by atoms with Crippen LogP contribution in [0, 0.1) is 0 Å². The van der Waals surface area contributed by atoms with Crippen LogP contribution in [0.5, 0.6) is 0 Å². The van der Waals surface area contributed by atoms with Gasteiger partial charge in [-0.1, -0.05) is 18.2 Å². The fourth-order valence-electron chi connectivity index (χ4n) is 2.99. The van der Waals surface area contributed by atoms with Gasteiger partial charge in [0, 0.05) is 30.6 Å². The third-order valence-electron chi connectivity index (χ3n) is 3.90. The molecule has 0 saturated carbocycles. The first-order chi connectivity index (χ1) is 9.27. The number of thioether (sulfide) groups is 1. The van der Waals surface area contributed by atoms with Crippen LogP contribution in [0.3, 0.4) is 0 Å². The zero-order valence-corrected chi connectivity index (χ0v) is 11.5. The molecule has 1 aromatic rings. The van der Waals surface area contributed by atoms with Crippen LogP contribution in [-0.4, -0.2) is 47.4 Å². The van der Waals surface area contributed by atoms with Crippen LogP contribution in [0.1, 0.15) is 18.0 Å². The van der Waals surface area contributed by atoms with Crippen LogP contribution >= 0.6 is 11.8 Å². The predicted octanol–water partition coefficient (Wildman–Crippen LogP) is 1.58. The van der Waals surface area contributed by atoms with Crippen molar-refractivity contribution in [3.63, 3.8) is 0 Å². The Hall–Kier alpha value is -1.04. The highest BCUT2D eigenvalue weighted by Crippen LogP contribution is 2.40. The van der Waals surface area contributed by atoms with E-state index in [1.54, 1.807) is 0 Å². The minimum atomic E-state index is -0.720. The lowest BCUT2D eigenvalue weighted by Gasteiger charge is -2.41. The minimum absolute atomic E-state index is 0.251. The van der Waals surface area contributed by atoms with Crippen molar-refractivity contribution in [3.05, 3.63) is 29.8 Å². The summed E-state index contributed by atoms with van der Waals surface area (Å²) < 4.78 is 0. The molecule has 2 heterocycles. The monoisotopic (exact) mass is 278 g/mol. The highest BCUT2D eigenvalue weighted by Gasteiger charge is 2.35. The molecule has 2 unspecified atom stereocenters. The summed E-state index contributed by atoms with van der Waals surface area (Å²) in [5.41, 5.74) is 1.30. The van der Waals surface area contributed by atoms with Gasteiger partial charge >= 0.3 is 5.97 Å². The van der Waals surface area contributed by atoms with Gasteiger partial charge in [-0.3, -0.25) is 9.69 Å². The van der Waals surface area contributed by atoms with Crippen molar-refractivity contribution in [3.8, 4) is 0 Å². The summed E-state index contributed by atoms with van der Waals surface area (Å²) in [5, 5.41) is 12.6. The second kappa shape index (κ2) is 5.53. The SMILES string of the molecule is O=C(O)C1CNCCN1C1CCSc2ccccc21. The number of benzene rings is 1. The molecule has 1 aromatic carbocycles. The van der Waals surface area contributed by atoms with Crippen molar-refractivity contribution < 1.29 is 9.90 Å².